The van der Waals surface area contributed by atoms with Gasteiger partial charge in [-0.15, -0.1) is 0 Å². The third-order valence-corrected chi connectivity index (χ3v) is 2.38. The normalized spacial score (nSPS) is 31.2. The van der Waals surface area contributed by atoms with Crippen LogP contribution < -0.4 is 5.32 Å². The first-order valence-corrected chi connectivity index (χ1v) is 3.95. The van der Waals surface area contributed by atoms with Crippen LogP contribution in [-0.2, 0) is 9.53 Å². The quantitative estimate of drug-likeness (QED) is 0.644. The van der Waals surface area contributed by atoms with Gasteiger partial charge in [-0.25, -0.2) is 0 Å². The highest BCUT2D eigenvalue weighted by Crippen LogP contribution is 2.39. The highest BCUT2D eigenvalue weighted by Gasteiger charge is 2.43. The summed E-state index contributed by atoms with van der Waals surface area (Å²) in [5.41, 5.74) is 0. The van der Waals surface area contributed by atoms with E-state index in [1.807, 2.05) is 6.92 Å². The molecule has 1 aliphatic carbocycles. The van der Waals surface area contributed by atoms with Crippen molar-refractivity contribution in [1.29, 1.82) is 0 Å². The van der Waals surface area contributed by atoms with Crippen molar-refractivity contribution < 1.29 is 9.53 Å². The summed E-state index contributed by atoms with van der Waals surface area (Å²) < 4.78 is 5.11. The summed E-state index contributed by atoms with van der Waals surface area (Å²) in [6.07, 6.45) is 1.35. The lowest BCUT2D eigenvalue weighted by Crippen LogP contribution is -2.27. The van der Waals surface area contributed by atoms with E-state index in [1.165, 1.54) is 0 Å². The fourth-order valence-electron chi connectivity index (χ4n) is 1.41. The Hall–Kier alpha value is -0.570. The van der Waals surface area contributed by atoms with Crippen LogP contribution in [0, 0.1) is 11.8 Å². The van der Waals surface area contributed by atoms with Crippen LogP contribution >= 0.6 is 0 Å². The van der Waals surface area contributed by atoms with Crippen molar-refractivity contribution >= 4 is 5.91 Å². The Bertz CT molecular complexity index is 158. The minimum Gasteiger partial charge on any atom is -0.381 e. The molecule has 0 aliphatic heterocycles. The number of carbonyl (C=O) groups is 1. The molecule has 3 nitrogen and oxygen atoms in total. The van der Waals surface area contributed by atoms with Gasteiger partial charge in [-0.05, 0) is 12.3 Å². The van der Waals surface area contributed by atoms with Gasteiger partial charge >= 0.3 is 0 Å². The lowest BCUT2D eigenvalue weighted by molar-refractivity contribution is -0.124. The molecule has 0 aromatic carbocycles. The van der Waals surface area contributed by atoms with Crippen molar-refractivity contribution in [2.75, 3.05) is 14.2 Å². The van der Waals surface area contributed by atoms with Crippen LogP contribution in [0.3, 0.4) is 0 Å². The van der Waals surface area contributed by atoms with Gasteiger partial charge in [0.05, 0.1) is 6.10 Å². The molecule has 3 unspecified atom stereocenters. The van der Waals surface area contributed by atoms with Gasteiger partial charge in [0.15, 0.2) is 0 Å². The molecule has 1 saturated carbocycles. The predicted molar refractivity (Wildman–Crippen MR) is 42.1 cm³/mol. The molecule has 0 spiro atoms. The Morgan fingerprint density at radius 1 is 1.73 bits per heavy atom. The molecular formula is C8H15NO2. The van der Waals surface area contributed by atoms with Crippen molar-refractivity contribution in [2.24, 2.45) is 11.8 Å². The average Bonchev–Trinajstić information content (AvgIpc) is 2.80. The first kappa shape index (κ1) is 8.53. The number of hydrogen-bond donors (Lipinski definition) is 1. The van der Waals surface area contributed by atoms with E-state index in [-0.39, 0.29) is 11.8 Å². The van der Waals surface area contributed by atoms with E-state index < -0.39 is 0 Å². The van der Waals surface area contributed by atoms with Gasteiger partial charge < -0.3 is 10.1 Å². The van der Waals surface area contributed by atoms with Crippen LogP contribution in [0.15, 0.2) is 0 Å². The Balaban J connectivity index is 2.32. The third kappa shape index (κ3) is 1.71. The molecule has 64 valence electrons. The zero-order valence-corrected chi connectivity index (χ0v) is 7.26. The van der Waals surface area contributed by atoms with Gasteiger partial charge in [0, 0.05) is 20.1 Å². The Morgan fingerprint density at radius 2 is 2.36 bits per heavy atom. The molecule has 0 radical (unpaired) electrons. The lowest BCUT2D eigenvalue weighted by atomic mass is 10.1. The lowest BCUT2D eigenvalue weighted by Gasteiger charge is -2.07. The highest BCUT2D eigenvalue weighted by atomic mass is 16.5. The maximum Gasteiger partial charge on any atom is 0.222 e. The summed E-state index contributed by atoms with van der Waals surface area (Å²) in [6, 6.07) is 0. The molecule has 1 fully saturated rings. The number of amides is 1. The van der Waals surface area contributed by atoms with Crippen LogP contribution in [-0.4, -0.2) is 26.2 Å². The molecule has 3 atom stereocenters. The van der Waals surface area contributed by atoms with E-state index >= 15 is 0 Å². The fourth-order valence-corrected chi connectivity index (χ4v) is 1.41. The number of nitrogens with one attached hydrogen (secondary N) is 1. The zero-order valence-electron chi connectivity index (χ0n) is 7.26. The molecule has 1 aliphatic rings. The largest absolute Gasteiger partial charge is 0.381 e. The maximum atomic E-state index is 11.1. The van der Waals surface area contributed by atoms with Gasteiger partial charge in [-0.2, -0.15) is 0 Å². The van der Waals surface area contributed by atoms with Gasteiger partial charge in [0.25, 0.3) is 0 Å². The van der Waals surface area contributed by atoms with E-state index in [0.717, 1.165) is 6.42 Å². The number of hydrogen-bond acceptors (Lipinski definition) is 2. The molecule has 11 heavy (non-hydrogen) atoms. The maximum absolute atomic E-state index is 11.1. The molecule has 1 amide bonds. The molecule has 0 heterocycles. The second-order valence-corrected chi connectivity index (χ2v) is 3.08. The van der Waals surface area contributed by atoms with Gasteiger partial charge in [0.2, 0.25) is 5.91 Å². The SMILES string of the molecule is CNC(=O)C(C)C1CC1OC. The highest BCUT2D eigenvalue weighted by molar-refractivity contribution is 5.78. The second-order valence-electron chi connectivity index (χ2n) is 3.08. The predicted octanol–water partition coefficient (Wildman–Crippen LogP) is 0.403. The summed E-state index contributed by atoms with van der Waals surface area (Å²) >= 11 is 0. The van der Waals surface area contributed by atoms with E-state index in [9.17, 15) is 4.79 Å². The first-order valence-electron chi connectivity index (χ1n) is 3.95. The molecule has 0 aromatic heterocycles. The number of carbonyl (C=O) groups excluding carboxylic acids is 1. The molecule has 3 heteroatoms. The summed E-state index contributed by atoms with van der Waals surface area (Å²) in [6.45, 7) is 1.95. The van der Waals surface area contributed by atoms with Crippen LogP contribution in [0.4, 0.5) is 0 Å². The summed E-state index contributed by atoms with van der Waals surface area (Å²) in [4.78, 5) is 11.1. The number of ether oxygens (including phenoxy) is 1. The second kappa shape index (κ2) is 3.22. The Labute approximate surface area is 67.1 Å². The smallest absolute Gasteiger partial charge is 0.222 e. The standard InChI is InChI=1S/C8H15NO2/c1-5(8(10)9-2)6-4-7(6)11-3/h5-7H,4H2,1-3H3,(H,9,10). The van der Waals surface area contributed by atoms with Gasteiger partial charge in [-0.3, -0.25) is 4.79 Å². The van der Waals surface area contributed by atoms with Crippen molar-refractivity contribution in [1.82, 2.24) is 5.32 Å². The number of methoxy groups -OCH3 is 1. The van der Waals surface area contributed by atoms with Crippen molar-refractivity contribution in [3.05, 3.63) is 0 Å². The fraction of sp³-hybridized carbons (Fsp3) is 0.875. The monoisotopic (exact) mass is 157 g/mol. The van der Waals surface area contributed by atoms with Gasteiger partial charge in [-0.1, -0.05) is 6.92 Å². The Kier molecular flexibility index (Phi) is 2.49. The third-order valence-electron chi connectivity index (χ3n) is 2.38. The van der Waals surface area contributed by atoms with Crippen molar-refractivity contribution in [3.8, 4) is 0 Å². The van der Waals surface area contributed by atoms with Crippen LogP contribution in [0.2, 0.25) is 0 Å². The van der Waals surface area contributed by atoms with E-state index in [0.29, 0.717) is 12.0 Å². The molecule has 0 bridgehead atoms. The van der Waals surface area contributed by atoms with E-state index in [4.69, 9.17) is 4.74 Å². The van der Waals surface area contributed by atoms with Crippen LogP contribution in [0.5, 0.6) is 0 Å². The minimum absolute atomic E-state index is 0.102. The Morgan fingerprint density at radius 3 is 2.73 bits per heavy atom. The van der Waals surface area contributed by atoms with Crippen LogP contribution in [0.1, 0.15) is 13.3 Å². The first-order chi connectivity index (χ1) is 5.20. The number of rotatable bonds is 3. The summed E-state index contributed by atoms with van der Waals surface area (Å²) in [5.74, 6) is 0.666. The van der Waals surface area contributed by atoms with E-state index in [1.54, 1.807) is 14.2 Å². The van der Waals surface area contributed by atoms with Crippen molar-refractivity contribution in [3.63, 3.8) is 0 Å². The molecule has 0 aromatic rings. The molecule has 1 N–H and O–H groups in total. The van der Waals surface area contributed by atoms with Crippen LogP contribution in [0.25, 0.3) is 0 Å². The average molecular weight is 157 g/mol. The molecular weight excluding hydrogens is 142 g/mol. The van der Waals surface area contributed by atoms with E-state index in [2.05, 4.69) is 5.32 Å². The van der Waals surface area contributed by atoms with Crippen molar-refractivity contribution in [2.45, 2.75) is 19.4 Å². The summed E-state index contributed by atoms with van der Waals surface area (Å²) in [7, 11) is 3.37. The minimum atomic E-state index is 0.102. The topological polar surface area (TPSA) is 38.3 Å². The molecule has 1 rings (SSSR count). The molecule has 0 saturated heterocycles. The van der Waals surface area contributed by atoms with Gasteiger partial charge in [0.1, 0.15) is 0 Å². The summed E-state index contributed by atoms with van der Waals surface area (Å²) in [5, 5.41) is 2.64. The zero-order chi connectivity index (χ0) is 8.43.